The number of alkyl halides is 1. The number of aromatic nitrogens is 2. The summed E-state index contributed by atoms with van der Waals surface area (Å²) in [7, 11) is 1.52. The predicted octanol–water partition coefficient (Wildman–Crippen LogP) is 2.61. The number of methoxy groups -OCH3 is 1. The molecule has 0 aliphatic heterocycles. The van der Waals surface area contributed by atoms with Crippen molar-refractivity contribution in [2.24, 2.45) is 5.73 Å². The molecule has 0 fully saturated rings. The maximum atomic E-state index is 14.9. The fourth-order valence-corrected chi connectivity index (χ4v) is 2.65. The fraction of sp³-hybridized carbons (Fsp3) is 0.769. The number of hydrogen-bond acceptors (Lipinski definition) is 3. The van der Waals surface area contributed by atoms with Crippen LogP contribution in [0, 0.1) is 6.92 Å². The highest BCUT2D eigenvalue weighted by atomic mass is 79.9. The summed E-state index contributed by atoms with van der Waals surface area (Å²) in [6.07, 6.45) is 1.34. The van der Waals surface area contributed by atoms with Crippen LogP contribution in [0.5, 0.6) is 0 Å². The highest BCUT2D eigenvalue weighted by molar-refractivity contribution is 9.10. The Morgan fingerprint density at radius 3 is 2.74 bits per heavy atom. The summed E-state index contributed by atoms with van der Waals surface area (Å²) in [5.74, 6) is 0. The van der Waals surface area contributed by atoms with E-state index in [1.165, 1.54) is 7.11 Å². The van der Waals surface area contributed by atoms with Gasteiger partial charge in [-0.25, -0.2) is 4.39 Å². The first kappa shape index (κ1) is 16.6. The van der Waals surface area contributed by atoms with Crippen molar-refractivity contribution in [3.05, 3.63) is 15.9 Å². The van der Waals surface area contributed by atoms with Crippen molar-refractivity contribution in [3.63, 3.8) is 0 Å². The van der Waals surface area contributed by atoms with Crippen molar-refractivity contribution >= 4 is 15.9 Å². The number of nitrogens with two attached hydrogens (primary N) is 1. The van der Waals surface area contributed by atoms with Gasteiger partial charge >= 0.3 is 0 Å². The largest absolute Gasteiger partial charge is 0.381 e. The minimum Gasteiger partial charge on any atom is -0.381 e. The molecule has 1 heterocycles. The molecule has 6 heteroatoms. The van der Waals surface area contributed by atoms with Gasteiger partial charge in [0.1, 0.15) is 5.67 Å². The van der Waals surface area contributed by atoms with E-state index in [0.717, 1.165) is 22.4 Å². The van der Waals surface area contributed by atoms with Crippen LogP contribution in [0.2, 0.25) is 0 Å². The molecular formula is C13H23BrFN3O. The summed E-state index contributed by atoms with van der Waals surface area (Å²) in [6.45, 7) is 5.20. The Hall–Kier alpha value is -0.460. The average molecular weight is 336 g/mol. The first-order valence-electron chi connectivity index (χ1n) is 6.57. The van der Waals surface area contributed by atoms with Crippen LogP contribution in [-0.2, 0) is 17.7 Å². The zero-order valence-electron chi connectivity index (χ0n) is 11.9. The Bertz CT molecular complexity index is 411. The fourth-order valence-electron chi connectivity index (χ4n) is 2.23. The van der Waals surface area contributed by atoms with Crippen molar-refractivity contribution in [1.29, 1.82) is 0 Å². The van der Waals surface area contributed by atoms with Gasteiger partial charge in [-0.3, -0.25) is 4.68 Å². The lowest BCUT2D eigenvalue weighted by molar-refractivity contribution is 0.0319. The Morgan fingerprint density at radius 1 is 1.53 bits per heavy atom. The van der Waals surface area contributed by atoms with Crippen molar-refractivity contribution in [1.82, 2.24) is 9.78 Å². The van der Waals surface area contributed by atoms with E-state index in [1.807, 2.05) is 18.5 Å². The summed E-state index contributed by atoms with van der Waals surface area (Å²) in [4.78, 5) is 0. The maximum Gasteiger partial charge on any atom is 0.139 e. The highest BCUT2D eigenvalue weighted by Crippen LogP contribution is 2.30. The lowest BCUT2D eigenvalue weighted by Gasteiger charge is -2.25. The van der Waals surface area contributed by atoms with E-state index in [4.69, 9.17) is 10.5 Å². The van der Waals surface area contributed by atoms with Crippen LogP contribution in [0.25, 0.3) is 0 Å². The van der Waals surface area contributed by atoms with Gasteiger partial charge < -0.3 is 10.5 Å². The molecule has 0 saturated heterocycles. The monoisotopic (exact) mass is 335 g/mol. The Morgan fingerprint density at radius 2 is 2.21 bits per heavy atom. The van der Waals surface area contributed by atoms with Crippen molar-refractivity contribution in [3.8, 4) is 0 Å². The quantitative estimate of drug-likeness (QED) is 0.794. The topological polar surface area (TPSA) is 53.1 Å². The number of nitrogens with zero attached hydrogens (tertiary/aromatic N) is 2. The van der Waals surface area contributed by atoms with Crippen LogP contribution in [-0.4, -0.2) is 35.7 Å². The van der Waals surface area contributed by atoms with Crippen molar-refractivity contribution in [2.45, 2.75) is 45.3 Å². The van der Waals surface area contributed by atoms with Crippen LogP contribution in [0.4, 0.5) is 4.39 Å². The number of halogens is 2. The molecule has 0 radical (unpaired) electrons. The molecule has 0 aliphatic rings. The molecule has 1 aromatic heterocycles. The first-order chi connectivity index (χ1) is 8.97. The van der Waals surface area contributed by atoms with Crippen LogP contribution in [0.3, 0.4) is 0 Å². The van der Waals surface area contributed by atoms with Gasteiger partial charge in [-0.1, -0.05) is 0 Å². The molecule has 0 spiro atoms. The molecule has 1 aromatic rings. The molecule has 0 aromatic carbocycles. The molecule has 1 atom stereocenters. The second-order valence-electron chi connectivity index (χ2n) is 4.81. The summed E-state index contributed by atoms with van der Waals surface area (Å²) < 4.78 is 22.7. The molecule has 0 saturated carbocycles. The number of hydrogen-bond donors (Lipinski definition) is 1. The van der Waals surface area contributed by atoms with Gasteiger partial charge in [-0.2, -0.15) is 5.10 Å². The van der Waals surface area contributed by atoms with Crippen LogP contribution >= 0.6 is 15.9 Å². The molecule has 1 rings (SSSR count). The highest BCUT2D eigenvalue weighted by Gasteiger charge is 2.32. The van der Waals surface area contributed by atoms with E-state index in [2.05, 4.69) is 21.0 Å². The molecular weight excluding hydrogens is 313 g/mol. The molecule has 110 valence electrons. The van der Waals surface area contributed by atoms with Crippen LogP contribution in [0.15, 0.2) is 4.47 Å². The van der Waals surface area contributed by atoms with Gasteiger partial charge in [0, 0.05) is 20.1 Å². The van der Waals surface area contributed by atoms with E-state index >= 15 is 0 Å². The van der Waals surface area contributed by atoms with E-state index in [9.17, 15) is 4.39 Å². The molecule has 0 aliphatic carbocycles. The van der Waals surface area contributed by atoms with Crippen LogP contribution in [0.1, 0.15) is 31.2 Å². The summed E-state index contributed by atoms with van der Waals surface area (Å²) in [6, 6.07) is 0. The molecule has 0 bridgehead atoms. The van der Waals surface area contributed by atoms with Gasteiger partial charge in [0.15, 0.2) is 0 Å². The third-order valence-corrected chi connectivity index (χ3v) is 4.20. The number of ether oxygens (including phenoxy) is 1. The Balaban J connectivity index is 2.95. The lowest BCUT2D eigenvalue weighted by Crippen LogP contribution is -2.33. The summed E-state index contributed by atoms with van der Waals surface area (Å²) in [5, 5.41) is 4.39. The van der Waals surface area contributed by atoms with Gasteiger partial charge in [0.05, 0.1) is 22.5 Å². The molecule has 0 amide bonds. The molecule has 4 nitrogen and oxygen atoms in total. The minimum atomic E-state index is -1.39. The second-order valence-corrected chi connectivity index (χ2v) is 5.61. The molecule has 19 heavy (non-hydrogen) atoms. The molecule has 1 unspecified atom stereocenters. The van der Waals surface area contributed by atoms with E-state index < -0.39 is 5.67 Å². The number of aryl methyl sites for hydroxylation is 2. The van der Waals surface area contributed by atoms with Crippen molar-refractivity contribution in [2.75, 3.05) is 20.3 Å². The van der Waals surface area contributed by atoms with E-state index in [-0.39, 0.29) is 13.0 Å². The lowest BCUT2D eigenvalue weighted by atomic mass is 9.94. The van der Waals surface area contributed by atoms with Gasteiger partial charge in [0.2, 0.25) is 0 Å². The number of rotatable bonds is 8. The van der Waals surface area contributed by atoms with Crippen LogP contribution < -0.4 is 5.73 Å². The summed E-state index contributed by atoms with van der Waals surface area (Å²) in [5.41, 5.74) is 5.86. The third-order valence-electron chi connectivity index (χ3n) is 3.17. The predicted molar refractivity (Wildman–Crippen MR) is 78.0 cm³/mol. The summed E-state index contributed by atoms with van der Waals surface area (Å²) >= 11 is 3.50. The van der Waals surface area contributed by atoms with Gasteiger partial charge in [-0.05, 0) is 49.2 Å². The third kappa shape index (κ3) is 4.26. The van der Waals surface area contributed by atoms with Crippen molar-refractivity contribution < 1.29 is 9.13 Å². The average Bonchev–Trinajstić information content (AvgIpc) is 2.64. The molecule has 2 N–H and O–H groups in total. The van der Waals surface area contributed by atoms with Gasteiger partial charge in [-0.15, -0.1) is 0 Å². The maximum absolute atomic E-state index is 14.9. The van der Waals surface area contributed by atoms with Gasteiger partial charge in [0.25, 0.3) is 0 Å². The van der Waals surface area contributed by atoms with E-state index in [1.54, 1.807) is 0 Å². The SMILES string of the molecule is CCn1nc(C)c(Br)c1CC(F)(CCCN)COC. The Labute approximate surface area is 122 Å². The standard InChI is InChI=1S/C13H23BrFN3O/c1-4-18-11(12(14)10(2)17-18)8-13(15,9-19-3)6-5-7-16/h4-9,16H2,1-3H3. The Kier molecular flexibility index (Phi) is 6.42. The smallest absolute Gasteiger partial charge is 0.139 e. The normalized spacial score (nSPS) is 14.6. The zero-order valence-corrected chi connectivity index (χ0v) is 13.5. The minimum absolute atomic E-state index is 0.0768. The zero-order chi connectivity index (χ0) is 14.5. The second kappa shape index (κ2) is 7.36. The first-order valence-corrected chi connectivity index (χ1v) is 7.36. The van der Waals surface area contributed by atoms with E-state index in [0.29, 0.717) is 19.4 Å².